The molecule has 0 bridgehead atoms. The van der Waals surface area contributed by atoms with Crippen LogP contribution in [0.15, 0.2) is 54.6 Å². The second-order valence-corrected chi connectivity index (χ2v) is 5.40. The number of carbonyl (C=O) groups excluding carboxylic acids is 1. The third-order valence-electron chi connectivity index (χ3n) is 2.86. The van der Waals surface area contributed by atoms with Crippen LogP contribution < -0.4 is 15.4 Å². The van der Waals surface area contributed by atoms with Crippen molar-refractivity contribution in [2.75, 3.05) is 12.4 Å². The van der Waals surface area contributed by atoms with Gasteiger partial charge in [0.2, 0.25) is 5.91 Å². The molecule has 2 aromatic carbocycles. The summed E-state index contributed by atoms with van der Waals surface area (Å²) in [6.45, 7) is 0. The highest BCUT2D eigenvalue weighted by Gasteiger charge is 2.02. The van der Waals surface area contributed by atoms with Crippen LogP contribution in [0.3, 0.4) is 0 Å². The van der Waals surface area contributed by atoms with E-state index in [2.05, 4.69) is 10.6 Å². The molecule has 6 heteroatoms. The Morgan fingerprint density at radius 1 is 1.22 bits per heavy atom. The van der Waals surface area contributed by atoms with Gasteiger partial charge in [0.1, 0.15) is 5.75 Å². The molecule has 0 saturated carbocycles. The van der Waals surface area contributed by atoms with E-state index in [9.17, 15) is 4.79 Å². The summed E-state index contributed by atoms with van der Waals surface area (Å²) < 4.78 is 5.07. The first-order valence-corrected chi connectivity index (χ1v) is 7.55. The van der Waals surface area contributed by atoms with Crippen LogP contribution in [0, 0.1) is 0 Å². The number of rotatable bonds is 4. The minimum absolute atomic E-state index is 0.205. The number of thiocarbonyl (C=S) groups is 1. The van der Waals surface area contributed by atoms with Crippen LogP contribution in [0.2, 0.25) is 5.02 Å². The first-order valence-electron chi connectivity index (χ1n) is 6.76. The number of ether oxygens (including phenoxy) is 1. The van der Waals surface area contributed by atoms with Crippen molar-refractivity contribution in [3.05, 3.63) is 65.2 Å². The zero-order chi connectivity index (χ0) is 16.7. The van der Waals surface area contributed by atoms with Crippen molar-refractivity contribution in [3.63, 3.8) is 0 Å². The molecule has 0 aromatic heterocycles. The lowest BCUT2D eigenvalue weighted by Gasteiger charge is -2.08. The number of halogens is 1. The number of carbonyl (C=O) groups is 1. The van der Waals surface area contributed by atoms with Gasteiger partial charge in [-0.25, -0.2) is 0 Å². The molecule has 4 nitrogen and oxygen atoms in total. The summed E-state index contributed by atoms with van der Waals surface area (Å²) in [6.07, 6.45) is 3.10. The van der Waals surface area contributed by atoms with Crippen LogP contribution in [0.4, 0.5) is 5.69 Å². The summed E-state index contributed by atoms with van der Waals surface area (Å²) in [5.41, 5.74) is 1.59. The molecule has 2 aromatic rings. The normalized spacial score (nSPS) is 10.3. The summed E-state index contributed by atoms with van der Waals surface area (Å²) in [6, 6.07) is 14.4. The summed E-state index contributed by atoms with van der Waals surface area (Å²) in [5.74, 6) is 0.443. The highest BCUT2D eigenvalue weighted by atomic mass is 35.5. The van der Waals surface area contributed by atoms with E-state index in [-0.39, 0.29) is 11.0 Å². The van der Waals surface area contributed by atoms with Crippen LogP contribution in [0.25, 0.3) is 6.08 Å². The molecule has 2 N–H and O–H groups in total. The topological polar surface area (TPSA) is 50.4 Å². The van der Waals surface area contributed by atoms with E-state index in [1.54, 1.807) is 37.5 Å². The quantitative estimate of drug-likeness (QED) is 0.651. The molecule has 0 aliphatic heterocycles. The first-order chi connectivity index (χ1) is 11.1. The van der Waals surface area contributed by atoms with Gasteiger partial charge in [0.25, 0.3) is 0 Å². The molecule has 1 amide bonds. The van der Waals surface area contributed by atoms with Gasteiger partial charge in [0, 0.05) is 16.8 Å². The number of methoxy groups -OCH3 is 1. The zero-order valence-corrected chi connectivity index (χ0v) is 13.9. The average molecular weight is 347 g/mol. The fourth-order valence-electron chi connectivity index (χ4n) is 1.77. The molecule has 0 radical (unpaired) electrons. The lowest BCUT2D eigenvalue weighted by atomic mass is 10.2. The van der Waals surface area contributed by atoms with E-state index >= 15 is 0 Å². The van der Waals surface area contributed by atoms with E-state index in [4.69, 9.17) is 28.6 Å². The summed E-state index contributed by atoms with van der Waals surface area (Å²) in [4.78, 5) is 11.8. The number of anilines is 1. The van der Waals surface area contributed by atoms with E-state index in [1.807, 2.05) is 24.3 Å². The number of benzene rings is 2. The molecule has 118 valence electrons. The van der Waals surface area contributed by atoms with E-state index < -0.39 is 0 Å². The van der Waals surface area contributed by atoms with Gasteiger partial charge < -0.3 is 10.1 Å². The standard InChI is InChI=1S/C17H15ClN2O2S/c1-22-15-8-5-12(6-9-15)7-10-16(21)20-17(23)19-14-4-2-3-13(18)11-14/h2-11H,1H3,(H2,19,20,21,23)/b10-7+. The molecule has 0 fully saturated rings. The van der Waals surface area contributed by atoms with Gasteiger partial charge in [-0.3, -0.25) is 10.1 Å². The van der Waals surface area contributed by atoms with Crippen LogP contribution in [0.1, 0.15) is 5.56 Å². The second-order valence-electron chi connectivity index (χ2n) is 4.56. The van der Waals surface area contributed by atoms with Crippen molar-refractivity contribution in [1.82, 2.24) is 5.32 Å². The number of hydrogen-bond acceptors (Lipinski definition) is 3. The van der Waals surface area contributed by atoms with E-state index in [0.717, 1.165) is 11.3 Å². The maximum atomic E-state index is 11.8. The lowest BCUT2D eigenvalue weighted by Crippen LogP contribution is -2.32. The van der Waals surface area contributed by atoms with Crippen LogP contribution in [0.5, 0.6) is 5.75 Å². The molecule has 0 aliphatic rings. The minimum Gasteiger partial charge on any atom is -0.497 e. The second kappa shape index (κ2) is 8.31. The Kier molecular flexibility index (Phi) is 6.14. The Bertz CT molecular complexity index is 730. The first kappa shape index (κ1) is 17.0. The van der Waals surface area contributed by atoms with Gasteiger partial charge in [0.05, 0.1) is 7.11 Å². The molecule has 0 spiro atoms. The summed E-state index contributed by atoms with van der Waals surface area (Å²) in [5, 5.41) is 6.25. The summed E-state index contributed by atoms with van der Waals surface area (Å²) >= 11 is 11.0. The Labute approximate surface area is 145 Å². The predicted molar refractivity (Wildman–Crippen MR) is 97.8 cm³/mol. The highest BCUT2D eigenvalue weighted by molar-refractivity contribution is 7.80. The largest absolute Gasteiger partial charge is 0.497 e. The van der Waals surface area contributed by atoms with Crippen molar-refractivity contribution in [3.8, 4) is 5.75 Å². The molecular formula is C17H15ClN2O2S. The minimum atomic E-state index is -0.319. The fourth-order valence-corrected chi connectivity index (χ4v) is 2.18. The third-order valence-corrected chi connectivity index (χ3v) is 3.30. The highest BCUT2D eigenvalue weighted by Crippen LogP contribution is 2.14. The molecule has 0 saturated heterocycles. The van der Waals surface area contributed by atoms with Crippen molar-refractivity contribution in [2.24, 2.45) is 0 Å². The SMILES string of the molecule is COc1ccc(/C=C/C(=O)NC(=S)Nc2cccc(Cl)c2)cc1. The van der Waals surface area contributed by atoms with Gasteiger partial charge in [0.15, 0.2) is 5.11 Å². The van der Waals surface area contributed by atoms with Crippen LogP contribution in [-0.4, -0.2) is 18.1 Å². The van der Waals surface area contributed by atoms with Gasteiger partial charge >= 0.3 is 0 Å². The van der Waals surface area contributed by atoms with Crippen LogP contribution in [-0.2, 0) is 4.79 Å². The third kappa shape index (κ3) is 5.73. The van der Waals surface area contributed by atoms with Crippen molar-refractivity contribution < 1.29 is 9.53 Å². The molecule has 2 rings (SSSR count). The average Bonchev–Trinajstić information content (AvgIpc) is 2.53. The Morgan fingerprint density at radius 3 is 2.61 bits per heavy atom. The van der Waals surface area contributed by atoms with E-state index in [1.165, 1.54) is 6.08 Å². The van der Waals surface area contributed by atoms with Gasteiger partial charge in [-0.15, -0.1) is 0 Å². The van der Waals surface area contributed by atoms with Crippen molar-refractivity contribution in [1.29, 1.82) is 0 Å². The molecule has 0 heterocycles. The fraction of sp³-hybridized carbons (Fsp3) is 0.0588. The summed E-state index contributed by atoms with van der Waals surface area (Å²) in [7, 11) is 1.60. The smallest absolute Gasteiger partial charge is 0.250 e. The predicted octanol–water partition coefficient (Wildman–Crippen LogP) is 3.88. The lowest BCUT2D eigenvalue weighted by molar-refractivity contribution is -0.115. The Morgan fingerprint density at radius 2 is 1.96 bits per heavy atom. The number of nitrogens with one attached hydrogen (secondary N) is 2. The van der Waals surface area contributed by atoms with Gasteiger partial charge in [-0.1, -0.05) is 29.8 Å². The number of amides is 1. The van der Waals surface area contributed by atoms with Crippen LogP contribution >= 0.6 is 23.8 Å². The molecule has 0 unspecified atom stereocenters. The molecule has 23 heavy (non-hydrogen) atoms. The van der Waals surface area contributed by atoms with E-state index in [0.29, 0.717) is 10.7 Å². The molecule has 0 atom stereocenters. The zero-order valence-electron chi connectivity index (χ0n) is 12.4. The van der Waals surface area contributed by atoms with Crippen molar-refractivity contribution >= 4 is 46.6 Å². The Hall–Kier alpha value is -2.37. The molecular weight excluding hydrogens is 332 g/mol. The Balaban J connectivity index is 1.88. The monoisotopic (exact) mass is 346 g/mol. The van der Waals surface area contributed by atoms with Gasteiger partial charge in [-0.2, -0.15) is 0 Å². The van der Waals surface area contributed by atoms with Crippen molar-refractivity contribution in [2.45, 2.75) is 0 Å². The van der Waals surface area contributed by atoms with Gasteiger partial charge in [-0.05, 0) is 54.2 Å². The molecule has 0 aliphatic carbocycles. The maximum Gasteiger partial charge on any atom is 0.250 e. The number of hydrogen-bond donors (Lipinski definition) is 2. The maximum absolute atomic E-state index is 11.8.